The van der Waals surface area contributed by atoms with Crippen molar-refractivity contribution in [3.8, 4) is 11.4 Å². The fourth-order valence-corrected chi connectivity index (χ4v) is 3.85. The minimum Gasteiger partial charge on any atom is -0.376 e. The van der Waals surface area contributed by atoms with Gasteiger partial charge in [-0.1, -0.05) is 29.3 Å². The SMILES string of the molecule is CC(C)=C/C=C(/C(Nc1ccc(-c2nc3c(Cl)cccc3[nH]2)cc1)=C1CCC1)N(C)C. The second kappa shape index (κ2) is 9.03. The molecule has 2 N–H and O–H groups in total. The summed E-state index contributed by atoms with van der Waals surface area (Å²) in [5.41, 5.74) is 9.04. The van der Waals surface area contributed by atoms with E-state index in [2.05, 4.69) is 84.5 Å². The van der Waals surface area contributed by atoms with Crippen molar-refractivity contribution in [3.63, 3.8) is 0 Å². The first-order chi connectivity index (χ1) is 14.9. The molecule has 0 radical (unpaired) electrons. The second-order valence-electron chi connectivity index (χ2n) is 8.45. The average Bonchev–Trinajstić information content (AvgIpc) is 3.12. The number of allylic oxidation sites excluding steroid dienone is 4. The fourth-order valence-electron chi connectivity index (χ4n) is 3.63. The number of benzene rings is 2. The van der Waals surface area contributed by atoms with Crippen LogP contribution in [-0.2, 0) is 0 Å². The largest absolute Gasteiger partial charge is 0.376 e. The molecule has 4 nitrogen and oxygen atoms in total. The summed E-state index contributed by atoms with van der Waals surface area (Å²) in [5.74, 6) is 0.824. The van der Waals surface area contributed by atoms with Crippen molar-refractivity contribution in [2.45, 2.75) is 33.1 Å². The third-order valence-corrected chi connectivity index (χ3v) is 5.82. The Morgan fingerprint density at radius 3 is 2.39 bits per heavy atom. The van der Waals surface area contributed by atoms with Crippen LogP contribution in [0, 0.1) is 0 Å². The van der Waals surface area contributed by atoms with Gasteiger partial charge in [0.25, 0.3) is 0 Å². The lowest BCUT2D eigenvalue weighted by Gasteiger charge is -2.28. The van der Waals surface area contributed by atoms with Crippen LogP contribution in [0.25, 0.3) is 22.4 Å². The molecule has 1 aliphatic rings. The average molecular weight is 433 g/mol. The first-order valence-corrected chi connectivity index (χ1v) is 11.1. The first-order valence-electron chi connectivity index (χ1n) is 10.7. The van der Waals surface area contributed by atoms with Crippen molar-refractivity contribution in [2.75, 3.05) is 19.4 Å². The zero-order chi connectivity index (χ0) is 22.0. The molecule has 0 aliphatic heterocycles. The summed E-state index contributed by atoms with van der Waals surface area (Å²) in [6.45, 7) is 4.24. The molecule has 5 heteroatoms. The number of rotatable bonds is 6. The molecule has 3 aromatic rings. The van der Waals surface area contributed by atoms with E-state index in [1.807, 2.05) is 18.2 Å². The van der Waals surface area contributed by atoms with E-state index in [0.29, 0.717) is 5.02 Å². The van der Waals surface area contributed by atoms with E-state index in [0.717, 1.165) is 41.0 Å². The number of aromatic nitrogens is 2. The Morgan fingerprint density at radius 2 is 1.81 bits per heavy atom. The number of aromatic amines is 1. The lowest BCUT2D eigenvalue weighted by molar-refractivity contribution is 0.515. The Morgan fingerprint density at radius 1 is 1.06 bits per heavy atom. The summed E-state index contributed by atoms with van der Waals surface area (Å²) in [6.07, 6.45) is 7.94. The Kier molecular flexibility index (Phi) is 6.19. The lowest BCUT2D eigenvalue weighted by atomic mass is 9.89. The van der Waals surface area contributed by atoms with E-state index in [1.165, 1.54) is 29.0 Å². The number of H-pyrrole nitrogens is 1. The number of nitrogens with zero attached hydrogens (tertiary/aromatic N) is 2. The van der Waals surface area contributed by atoms with Gasteiger partial charge in [-0.2, -0.15) is 0 Å². The molecule has 0 atom stereocenters. The van der Waals surface area contributed by atoms with Crippen molar-refractivity contribution < 1.29 is 0 Å². The van der Waals surface area contributed by atoms with Crippen LogP contribution in [0.4, 0.5) is 5.69 Å². The van der Waals surface area contributed by atoms with Crippen LogP contribution in [0.3, 0.4) is 0 Å². The topological polar surface area (TPSA) is 44.0 Å². The zero-order valence-electron chi connectivity index (χ0n) is 18.6. The molecule has 0 amide bonds. The molecule has 4 rings (SSSR count). The molecule has 0 unspecified atom stereocenters. The molecule has 1 heterocycles. The normalized spacial score (nSPS) is 13.7. The van der Waals surface area contributed by atoms with E-state index < -0.39 is 0 Å². The van der Waals surface area contributed by atoms with Crippen molar-refractivity contribution in [1.29, 1.82) is 0 Å². The van der Waals surface area contributed by atoms with Gasteiger partial charge in [0.05, 0.1) is 21.9 Å². The molecule has 1 fully saturated rings. The minimum atomic E-state index is 0.661. The molecular weight excluding hydrogens is 404 g/mol. The highest BCUT2D eigenvalue weighted by Gasteiger charge is 2.19. The number of hydrogen-bond acceptors (Lipinski definition) is 3. The van der Waals surface area contributed by atoms with E-state index in [9.17, 15) is 0 Å². The Balaban J connectivity index is 1.62. The van der Waals surface area contributed by atoms with Crippen LogP contribution in [-0.4, -0.2) is 29.0 Å². The van der Waals surface area contributed by atoms with E-state index >= 15 is 0 Å². The number of halogens is 1. The van der Waals surface area contributed by atoms with Gasteiger partial charge in [0.15, 0.2) is 0 Å². The molecule has 0 saturated heterocycles. The number of nitrogens with one attached hydrogen (secondary N) is 2. The Bertz CT molecular complexity index is 1170. The number of fused-ring (bicyclic) bond motifs is 1. The molecule has 0 bridgehead atoms. The standard InChI is InChI=1S/C26H29ClN4/c1-17(2)11-16-23(31(3)4)24(18-7-5-8-18)28-20-14-12-19(13-15-20)26-29-22-10-6-9-21(27)25(22)30-26/h6,9-16,28H,5,7-8H2,1-4H3,(H,29,30)/b23-16-. The van der Waals surface area contributed by atoms with Crippen molar-refractivity contribution in [3.05, 3.63) is 82.2 Å². The maximum atomic E-state index is 6.28. The molecule has 1 aliphatic carbocycles. The zero-order valence-corrected chi connectivity index (χ0v) is 19.3. The monoisotopic (exact) mass is 432 g/mol. The molecule has 1 aromatic heterocycles. The Labute approximate surface area is 189 Å². The van der Waals surface area contributed by atoms with Gasteiger partial charge in [-0.05, 0) is 81.2 Å². The van der Waals surface area contributed by atoms with Gasteiger partial charge >= 0.3 is 0 Å². The van der Waals surface area contributed by atoms with Crippen LogP contribution < -0.4 is 5.32 Å². The van der Waals surface area contributed by atoms with Crippen LogP contribution in [0.15, 0.2) is 77.2 Å². The van der Waals surface area contributed by atoms with Crippen molar-refractivity contribution in [2.24, 2.45) is 0 Å². The number of likely N-dealkylation sites (N-methyl/N-ethyl adjacent to an activating group) is 1. The summed E-state index contributed by atoms with van der Waals surface area (Å²) in [4.78, 5) is 10.2. The highest BCUT2D eigenvalue weighted by atomic mass is 35.5. The third kappa shape index (κ3) is 4.70. The van der Waals surface area contributed by atoms with Crippen molar-refractivity contribution >= 4 is 28.3 Å². The van der Waals surface area contributed by atoms with E-state index in [4.69, 9.17) is 11.6 Å². The predicted molar refractivity (Wildman–Crippen MR) is 132 cm³/mol. The maximum absolute atomic E-state index is 6.28. The molecule has 1 saturated carbocycles. The van der Waals surface area contributed by atoms with E-state index in [1.54, 1.807) is 0 Å². The highest BCUT2D eigenvalue weighted by molar-refractivity contribution is 6.35. The van der Waals surface area contributed by atoms with Gasteiger partial charge < -0.3 is 15.2 Å². The summed E-state index contributed by atoms with van der Waals surface area (Å²) in [6, 6.07) is 14.2. The number of imidazole rings is 1. The van der Waals surface area contributed by atoms with Crippen LogP contribution in [0.2, 0.25) is 5.02 Å². The number of para-hydroxylation sites is 1. The smallest absolute Gasteiger partial charge is 0.138 e. The maximum Gasteiger partial charge on any atom is 0.138 e. The quantitative estimate of drug-likeness (QED) is 0.406. The summed E-state index contributed by atoms with van der Waals surface area (Å²) in [5, 5.41) is 4.35. The van der Waals surface area contributed by atoms with Gasteiger partial charge in [-0.25, -0.2) is 4.98 Å². The second-order valence-corrected chi connectivity index (χ2v) is 8.85. The van der Waals surface area contributed by atoms with E-state index in [-0.39, 0.29) is 0 Å². The number of anilines is 1. The minimum absolute atomic E-state index is 0.661. The summed E-state index contributed by atoms with van der Waals surface area (Å²) < 4.78 is 0. The van der Waals surface area contributed by atoms with Crippen LogP contribution >= 0.6 is 11.6 Å². The fraction of sp³-hybridized carbons (Fsp3) is 0.269. The molecule has 31 heavy (non-hydrogen) atoms. The molecular formula is C26H29ClN4. The molecule has 0 spiro atoms. The molecule has 2 aromatic carbocycles. The van der Waals surface area contributed by atoms with Gasteiger partial charge in [-0.3, -0.25) is 0 Å². The highest BCUT2D eigenvalue weighted by Crippen LogP contribution is 2.34. The van der Waals surface area contributed by atoms with Gasteiger partial charge in [0.2, 0.25) is 0 Å². The van der Waals surface area contributed by atoms with Crippen LogP contribution in [0.5, 0.6) is 0 Å². The summed E-state index contributed by atoms with van der Waals surface area (Å²) in [7, 11) is 4.20. The third-order valence-electron chi connectivity index (χ3n) is 5.51. The lowest BCUT2D eigenvalue weighted by Crippen LogP contribution is -2.21. The van der Waals surface area contributed by atoms with Gasteiger partial charge in [0.1, 0.15) is 11.3 Å². The number of hydrogen-bond donors (Lipinski definition) is 2. The van der Waals surface area contributed by atoms with Gasteiger partial charge in [0, 0.05) is 25.3 Å². The van der Waals surface area contributed by atoms with Crippen molar-refractivity contribution in [1.82, 2.24) is 14.9 Å². The first kappa shape index (κ1) is 21.3. The van der Waals surface area contributed by atoms with Crippen LogP contribution in [0.1, 0.15) is 33.1 Å². The predicted octanol–water partition coefficient (Wildman–Crippen LogP) is 7.14. The molecule has 160 valence electrons. The van der Waals surface area contributed by atoms with Gasteiger partial charge in [-0.15, -0.1) is 0 Å². The Hall–Kier alpha value is -2.98. The summed E-state index contributed by atoms with van der Waals surface area (Å²) >= 11 is 6.28.